The first-order chi connectivity index (χ1) is 8.63. The monoisotopic (exact) mass is 249 g/mol. The van der Waals surface area contributed by atoms with Crippen LogP contribution in [0, 0.1) is 11.8 Å². The van der Waals surface area contributed by atoms with Crippen molar-refractivity contribution in [3.05, 3.63) is 0 Å². The molecule has 18 heavy (non-hydrogen) atoms. The van der Waals surface area contributed by atoms with Crippen LogP contribution in [0.5, 0.6) is 0 Å². The van der Waals surface area contributed by atoms with Gasteiger partial charge >= 0.3 is 0 Å². The number of aliphatic imine (C=N–C) groups is 1. The molecule has 3 unspecified atom stereocenters. The fourth-order valence-electron chi connectivity index (χ4n) is 4.58. The Labute approximate surface area is 111 Å². The second kappa shape index (κ2) is 4.43. The van der Waals surface area contributed by atoms with Crippen LogP contribution in [0.3, 0.4) is 0 Å². The van der Waals surface area contributed by atoms with Crippen LogP contribution in [0.25, 0.3) is 0 Å². The molecule has 1 aliphatic heterocycles. The molecule has 2 N–H and O–H groups in total. The lowest BCUT2D eigenvalue weighted by molar-refractivity contribution is 0.0340. The molecule has 3 aliphatic rings. The molecule has 2 aliphatic carbocycles. The van der Waals surface area contributed by atoms with Gasteiger partial charge in [-0.25, -0.2) is 0 Å². The van der Waals surface area contributed by atoms with Gasteiger partial charge in [-0.15, -0.1) is 0 Å². The summed E-state index contributed by atoms with van der Waals surface area (Å²) in [5.41, 5.74) is 6.51. The summed E-state index contributed by atoms with van der Waals surface area (Å²) >= 11 is 0. The normalized spacial score (nSPS) is 41.7. The van der Waals surface area contributed by atoms with E-state index in [2.05, 4.69) is 23.7 Å². The quantitative estimate of drug-likeness (QED) is 0.776. The SMILES string of the molecule is CC1CCC(C)C2(CN=C(N)N2C2CCCC2)C1. The maximum absolute atomic E-state index is 6.25. The lowest BCUT2D eigenvalue weighted by Gasteiger charge is -2.51. The third-order valence-electron chi connectivity index (χ3n) is 5.64. The first-order valence-electron chi connectivity index (χ1n) is 7.73. The fraction of sp³-hybridized carbons (Fsp3) is 0.933. The Balaban J connectivity index is 1.89. The summed E-state index contributed by atoms with van der Waals surface area (Å²) < 4.78 is 0. The summed E-state index contributed by atoms with van der Waals surface area (Å²) in [6.07, 6.45) is 9.38. The Hall–Kier alpha value is -0.730. The summed E-state index contributed by atoms with van der Waals surface area (Å²) in [6, 6.07) is 0.670. The zero-order valence-corrected chi connectivity index (χ0v) is 11.9. The smallest absolute Gasteiger partial charge is 0.192 e. The van der Waals surface area contributed by atoms with E-state index in [0.717, 1.165) is 24.3 Å². The third-order valence-corrected chi connectivity index (χ3v) is 5.64. The molecular weight excluding hydrogens is 222 g/mol. The molecule has 1 spiro atoms. The van der Waals surface area contributed by atoms with Gasteiger partial charge in [0, 0.05) is 6.04 Å². The van der Waals surface area contributed by atoms with Crippen molar-refractivity contribution in [2.45, 2.75) is 70.4 Å². The van der Waals surface area contributed by atoms with Crippen molar-refractivity contribution in [1.29, 1.82) is 0 Å². The van der Waals surface area contributed by atoms with E-state index in [1.807, 2.05) is 0 Å². The number of nitrogens with zero attached hydrogens (tertiary/aromatic N) is 2. The van der Waals surface area contributed by atoms with E-state index >= 15 is 0 Å². The summed E-state index contributed by atoms with van der Waals surface area (Å²) in [6.45, 7) is 5.76. The van der Waals surface area contributed by atoms with Crippen molar-refractivity contribution in [3.63, 3.8) is 0 Å². The van der Waals surface area contributed by atoms with Gasteiger partial charge in [0.25, 0.3) is 0 Å². The van der Waals surface area contributed by atoms with Crippen molar-refractivity contribution in [3.8, 4) is 0 Å². The molecule has 0 saturated heterocycles. The van der Waals surface area contributed by atoms with Gasteiger partial charge in [-0.2, -0.15) is 0 Å². The molecule has 2 fully saturated rings. The van der Waals surface area contributed by atoms with Gasteiger partial charge in [0.1, 0.15) is 0 Å². The minimum Gasteiger partial charge on any atom is -0.370 e. The molecule has 0 aromatic carbocycles. The van der Waals surface area contributed by atoms with Crippen LogP contribution in [-0.4, -0.2) is 29.0 Å². The van der Waals surface area contributed by atoms with Crippen molar-refractivity contribution >= 4 is 5.96 Å². The van der Waals surface area contributed by atoms with Crippen LogP contribution in [0.2, 0.25) is 0 Å². The van der Waals surface area contributed by atoms with E-state index in [0.29, 0.717) is 6.04 Å². The van der Waals surface area contributed by atoms with Crippen molar-refractivity contribution in [2.75, 3.05) is 6.54 Å². The van der Waals surface area contributed by atoms with E-state index < -0.39 is 0 Å². The fourth-order valence-corrected chi connectivity index (χ4v) is 4.58. The van der Waals surface area contributed by atoms with Crippen LogP contribution in [-0.2, 0) is 0 Å². The molecule has 3 heteroatoms. The average molecular weight is 249 g/mol. The Morgan fingerprint density at radius 3 is 2.61 bits per heavy atom. The number of hydrogen-bond acceptors (Lipinski definition) is 3. The summed E-state index contributed by atoms with van der Waals surface area (Å²) in [5, 5.41) is 0. The molecule has 0 radical (unpaired) electrons. The summed E-state index contributed by atoms with van der Waals surface area (Å²) in [4.78, 5) is 7.20. The average Bonchev–Trinajstić information content (AvgIpc) is 2.94. The standard InChI is InChI=1S/C15H27N3/c1-11-7-8-12(2)15(9-11)10-17-14(16)18(15)13-5-3-4-6-13/h11-13H,3-10H2,1-2H3,(H2,16,17). The van der Waals surface area contributed by atoms with E-state index in [1.165, 1.54) is 44.9 Å². The molecule has 1 heterocycles. The highest BCUT2D eigenvalue weighted by atomic mass is 15.4. The number of guanidine groups is 1. The minimum atomic E-state index is 0.261. The molecule has 102 valence electrons. The second-order valence-corrected chi connectivity index (χ2v) is 6.87. The molecule has 0 bridgehead atoms. The van der Waals surface area contributed by atoms with Gasteiger partial charge in [-0.05, 0) is 37.5 Å². The molecule has 0 aromatic heterocycles. The topological polar surface area (TPSA) is 41.6 Å². The summed E-state index contributed by atoms with van der Waals surface area (Å²) in [7, 11) is 0. The van der Waals surface area contributed by atoms with Crippen LogP contribution in [0.4, 0.5) is 0 Å². The first-order valence-corrected chi connectivity index (χ1v) is 7.73. The molecule has 0 aromatic rings. The number of rotatable bonds is 1. The number of hydrogen-bond donors (Lipinski definition) is 1. The lowest BCUT2D eigenvalue weighted by Crippen LogP contribution is -2.60. The highest BCUT2D eigenvalue weighted by molar-refractivity contribution is 5.81. The minimum absolute atomic E-state index is 0.261. The number of nitrogens with two attached hydrogens (primary N) is 1. The van der Waals surface area contributed by atoms with E-state index in [4.69, 9.17) is 5.73 Å². The Morgan fingerprint density at radius 1 is 1.17 bits per heavy atom. The molecular formula is C15H27N3. The third kappa shape index (κ3) is 1.74. The Morgan fingerprint density at radius 2 is 1.89 bits per heavy atom. The molecule has 3 nitrogen and oxygen atoms in total. The highest BCUT2D eigenvalue weighted by Crippen LogP contribution is 2.46. The highest BCUT2D eigenvalue weighted by Gasteiger charge is 2.51. The van der Waals surface area contributed by atoms with Crippen molar-refractivity contribution in [2.24, 2.45) is 22.6 Å². The van der Waals surface area contributed by atoms with Gasteiger partial charge in [-0.1, -0.05) is 33.1 Å². The van der Waals surface area contributed by atoms with Gasteiger partial charge in [-0.3, -0.25) is 4.99 Å². The van der Waals surface area contributed by atoms with Gasteiger partial charge in [0.05, 0.1) is 12.1 Å². The molecule has 3 rings (SSSR count). The predicted octanol–water partition coefficient (Wildman–Crippen LogP) is 2.75. The molecule has 0 amide bonds. The van der Waals surface area contributed by atoms with E-state index in [9.17, 15) is 0 Å². The maximum Gasteiger partial charge on any atom is 0.192 e. The zero-order valence-electron chi connectivity index (χ0n) is 11.9. The van der Waals surface area contributed by atoms with Gasteiger partial charge in [0.15, 0.2) is 5.96 Å². The van der Waals surface area contributed by atoms with Crippen LogP contribution >= 0.6 is 0 Å². The molecule has 3 atom stereocenters. The predicted molar refractivity (Wildman–Crippen MR) is 75.5 cm³/mol. The van der Waals surface area contributed by atoms with Crippen molar-refractivity contribution in [1.82, 2.24) is 4.90 Å². The zero-order chi connectivity index (χ0) is 12.8. The molecule has 2 saturated carbocycles. The van der Waals surface area contributed by atoms with Crippen LogP contribution in [0.1, 0.15) is 58.8 Å². The summed E-state index contributed by atoms with van der Waals surface area (Å²) in [5.74, 6) is 2.40. The van der Waals surface area contributed by atoms with Crippen molar-refractivity contribution < 1.29 is 0 Å². The Kier molecular flexibility index (Phi) is 3.03. The van der Waals surface area contributed by atoms with Crippen LogP contribution < -0.4 is 5.73 Å². The van der Waals surface area contributed by atoms with Crippen LogP contribution in [0.15, 0.2) is 4.99 Å². The second-order valence-electron chi connectivity index (χ2n) is 6.87. The Bertz CT molecular complexity index is 346. The van der Waals surface area contributed by atoms with E-state index in [-0.39, 0.29) is 5.54 Å². The van der Waals surface area contributed by atoms with Gasteiger partial charge in [0.2, 0.25) is 0 Å². The first kappa shape index (κ1) is 12.3. The lowest BCUT2D eigenvalue weighted by atomic mass is 9.68. The van der Waals surface area contributed by atoms with Gasteiger partial charge < -0.3 is 10.6 Å². The largest absolute Gasteiger partial charge is 0.370 e. The maximum atomic E-state index is 6.25. The van der Waals surface area contributed by atoms with E-state index in [1.54, 1.807) is 0 Å².